The van der Waals surface area contributed by atoms with E-state index >= 15 is 0 Å². The number of aromatic nitrogens is 2. The summed E-state index contributed by atoms with van der Waals surface area (Å²) in [5.41, 5.74) is 0.0550. The van der Waals surface area contributed by atoms with Crippen LogP contribution in [0.15, 0.2) is 15.5 Å². The maximum absolute atomic E-state index is 11.2. The lowest BCUT2D eigenvalue weighted by Gasteiger charge is -1.99. The molecule has 11 heavy (non-hydrogen) atoms. The Morgan fingerprint density at radius 3 is 3.27 bits per heavy atom. The molecule has 1 aromatic heterocycles. The first-order valence-electron chi connectivity index (χ1n) is 3.53. The Balaban J connectivity index is 2.70. The molecule has 0 bridgehead atoms. The Morgan fingerprint density at radius 2 is 2.45 bits per heavy atom. The van der Waals surface area contributed by atoms with Crippen LogP contribution in [0.2, 0.25) is 0 Å². The molecular formula is C7H7BrN2O. The molecule has 0 saturated carbocycles. The first-order chi connectivity index (χ1) is 5.27. The maximum atomic E-state index is 11.2. The largest absolute Gasteiger partial charge is 0.297 e. The van der Waals surface area contributed by atoms with Gasteiger partial charge in [-0.3, -0.25) is 9.36 Å². The van der Waals surface area contributed by atoms with Crippen molar-refractivity contribution < 1.29 is 0 Å². The Kier molecular flexibility index (Phi) is 1.56. The highest BCUT2D eigenvalue weighted by Crippen LogP contribution is 2.11. The van der Waals surface area contributed by atoms with E-state index in [2.05, 4.69) is 20.9 Å². The highest BCUT2D eigenvalue weighted by molar-refractivity contribution is 9.10. The molecule has 3 nitrogen and oxygen atoms in total. The number of hydrogen-bond donors (Lipinski definition) is 0. The van der Waals surface area contributed by atoms with Crippen LogP contribution >= 0.6 is 15.9 Å². The van der Waals surface area contributed by atoms with Crippen LogP contribution < -0.4 is 5.56 Å². The predicted molar refractivity (Wildman–Crippen MR) is 44.5 cm³/mol. The number of aryl methyl sites for hydroxylation is 1. The minimum atomic E-state index is 0.0550. The summed E-state index contributed by atoms with van der Waals surface area (Å²) in [6.45, 7) is 0.828. The quantitative estimate of drug-likeness (QED) is 0.604. The van der Waals surface area contributed by atoms with Gasteiger partial charge < -0.3 is 0 Å². The van der Waals surface area contributed by atoms with E-state index in [-0.39, 0.29) is 5.56 Å². The van der Waals surface area contributed by atoms with E-state index in [1.807, 2.05) is 0 Å². The Bertz CT molecular complexity index is 345. The number of hydrogen-bond acceptors (Lipinski definition) is 2. The Morgan fingerprint density at radius 1 is 1.64 bits per heavy atom. The van der Waals surface area contributed by atoms with Gasteiger partial charge in [0.2, 0.25) is 0 Å². The van der Waals surface area contributed by atoms with Crippen LogP contribution in [0.3, 0.4) is 0 Å². The molecule has 0 radical (unpaired) electrons. The lowest BCUT2D eigenvalue weighted by Crippen LogP contribution is -2.19. The van der Waals surface area contributed by atoms with Crippen molar-refractivity contribution >= 4 is 15.9 Å². The van der Waals surface area contributed by atoms with Crippen LogP contribution in [-0.2, 0) is 13.0 Å². The SMILES string of the molecule is O=c1cc(Br)nc2n1CCC2. The van der Waals surface area contributed by atoms with Gasteiger partial charge in [-0.25, -0.2) is 4.98 Å². The summed E-state index contributed by atoms with van der Waals surface area (Å²) in [5, 5.41) is 0. The van der Waals surface area contributed by atoms with E-state index < -0.39 is 0 Å². The average Bonchev–Trinajstić information content (AvgIpc) is 2.34. The highest BCUT2D eigenvalue weighted by atomic mass is 79.9. The third kappa shape index (κ3) is 1.11. The van der Waals surface area contributed by atoms with Gasteiger partial charge in [-0.05, 0) is 22.4 Å². The molecule has 0 aliphatic carbocycles. The van der Waals surface area contributed by atoms with Crippen molar-refractivity contribution in [2.45, 2.75) is 19.4 Å². The molecule has 4 heteroatoms. The molecule has 0 unspecified atom stereocenters. The van der Waals surface area contributed by atoms with Crippen molar-refractivity contribution in [3.8, 4) is 0 Å². The smallest absolute Gasteiger partial charge is 0.254 e. The molecule has 1 aliphatic rings. The van der Waals surface area contributed by atoms with Crippen molar-refractivity contribution in [1.29, 1.82) is 0 Å². The molecule has 1 aliphatic heterocycles. The molecule has 58 valence electrons. The number of rotatable bonds is 0. The van der Waals surface area contributed by atoms with Crippen molar-refractivity contribution in [2.75, 3.05) is 0 Å². The van der Waals surface area contributed by atoms with Gasteiger partial charge in [0.15, 0.2) is 0 Å². The summed E-state index contributed by atoms with van der Waals surface area (Å²) < 4.78 is 2.38. The van der Waals surface area contributed by atoms with E-state index in [0.29, 0.717) is 4.60 Å². The topological polar surface area (TPSA) is 34.9 Å². The molecule has 2 heterocycles. The van der Waals surface area contributed by atoms with E-state index in [1.54, 1.807) is 4.57 Å². The maximum Gasteiger partial charge on any atom is 0.254 e. The summed E-state index contributed by atoms with van der Waals surface area (Å²) in [6, 6.07) is 1.51. The summed E-state index contributed by atoms with van der Waals surface area (Å²) in [4.78, 5) is 15.4. The second-order valence-corrected chi connectivity index (χ2v) is 3.40. The fourth-order valence-corrected chi connectivity index (χ4v) is 1.75. The molecule has 0 N–H and O–H groups in total. The van der Waals surface area contributed by atoms with E-state index in [0.717, 1.165) is 25.2 Å². The van der Waals surface area contributed by atoms with Crippen LogP contribution in [0.25, 0.3) is 0 Å². The summed E-state index contributed by atoms with van der Waals surface area (Å²) in [7, 11) is 0. The van der Waals surface area contributed by atoms with Gasteiger partial charge in [0.1, 0.15) is 10.4 Å². The molecule has 1 aromatic rings. The molecule has 0 atom stereocenters. The van der Waals surface area contributed by atoms with Crippen LogP contribution in [0.4, 0.5) is 0 Å². The van der Waals surface area contributed by atoms with Crippen molar-refractivity contribution in [3.05, 3.63) is 26.8 Å². The highest BCUT2D eigenvalue weighted by Gasteiger charge is 2.12. The fraction of sp³-hybridized carbons (Fsp3) is 0.429. The van der Waals surface area contributed by atoms with Crippen LogP contribution in [0, 0.1) is 0 Å². The third-order valence-corrected chi connectivity index (χ3v) is 2.24. The molecule has 0 aromatic carbocycles. The second-order valence-electron chi connectivity index (χ2n) is 2.59. The molecule has 0 spiro atoms. The number of fused-ring (bicyclic) bond motifs is 1. The van der Waals surface area contributed by atoms with Gasteiger partial charge in [0, 0.05) is 19.0 Å². The second kappa shape index (κ2) is 2.44. The Hall–Kier alpha value is -0.640. The summed E-state index contributed by atoms with van der Waals surface area (Å²) >= 11 is 3.19. The zero-order valence-corrected chi connectivity index (χ0v) is 7.47. The normalized spacial score (nSPS) is 15.0. The van der Waals surface area contributed by atoms with Crippen molar-refractivity contribution in [3.63, 3.8) is 0 Å². The van der Waals surface area contributed by atoms with E-state index in [9.17, 15) is 4.79 Å². The van der Waals surface area contributed by atoms with Gasteiger partial charge in [0.05, 0.1) is 0 Å². The Labute approximate surface area is 72.2 Å². The van der Waals surface area contributed by atoms with Gasteiger partial charge in [-0.1, -0.05) is 0 Å². The molecular weight excluding hydrogens is 208 g/mol. The molecule has 0 saturated heterocycles. The zero-order chi connectivity index (χ0) is 7.84. The van der Waals surface area contributed by atoms with Crippen LogP contribution in [-0.4, -0.2) is 9.55 Å². The monoisotopic (exact) mass is 214 g/mol. The van der Waals surface area contributed by atoms with Gasteiger partial charge >= 0.3 is 0 Å². The van der Waals surface area contributed by atoms with Gasteiger partial charge in [0.25, 0.3) is 5.56 Å². The van der Waals surface area contributed by atoms with E-state index in [4.69, 9.17) is 0 Å². The van der Waals surface area contributed by atoms with E-state index in [1.165, 1.54) is 6.07 Å². The first kappa shape index (κ1) is 7.03. The van der Waals surface area contributed by atoms with Crippen LogP contribution in [0.5, 0.6) is 0 Å². The fourth-order valence-electron chi connectivity index (χ4n) is 1.35. The number of nitrogens with zero attached hydrogens (tertiary/aromatic N) is 2. The minimum absolute atomic E-state index is 0.0550. The summed E-state index contributed by atoms with van der Waals surface area (Å²) in [6.07, 6.45) is 1.97. The molecule has 0 fully saturated rings. The summed E-state index contributed by atoms with van der Waals surface area (Å²) in [5.74, 6) is 0.907. The zero-order valence-electron chi connectivity index (χ0n) is 5.88. The average molecular weight is 215 g/mol. The van der Waals surface area contributed by atoms with Gasteiger partial charge in [-0.2, -0.15) is 0 Å². The van der Waals surface area contributed by atoms with Gasteiger partial charge in [-0.15, -0.1) is 0 Å². The van der Waals surface area contributed by atoms with Crippen molar-refractivity contribution in [1.82, 2.24) is 9.55 Å². The molecule has 2 rings (SSSR count). The first-order valence-corrected chi connectivity index (χ1v) is 4.33. The number of halogens is 1. The lowest BCUT2D eigenvalue weighted by atomic mass is 10.4. The standard InChI is InChI=1S/C7H7BrN2O/c8-5-4-7(11)10-3-1-2-6(10)9-5/h4H,1-3H2. The molecule has 0 amide bonds. The minimum Gasteiger partial charge on any atom is -0.297 e. The van der Waals surface area contributed by atoms with Crippen molar-refractivity contribution in [2.24, 2.45) is 0 Å². The van der Waals surface area contributed by atoms with Crippen LogP contribution in [0.1, 0.15) is 12.2 Å². The lowest BCUT2D eigenvalue weighted by molar-refractivity contribution is 0.709. The third-order valence-electron chi connectivity index (χ3n) is 1.84. The predicted octanol–water partition coefficient (Wildman–Crippen LogP) is 0.952.